The number of halogens is 2. The summed E-state index contributed by atoms with van der Waals surface area (Å²) in [5.41, 5.74) is 1.14. The minimum Gasteiger partial charge on any atom is -0.325 e. The summed E-state index contributed by atoms with van der Waals surface area (Å²) >= 11 is 13.3. The van der Waals surface area contributed by atoms with Gasteiger partial charge in [0.15, 0.2) is 5.16 Å². The number of benzene rings is 2. The second-order valence-corrected chi connectivity index (χ2v) is 9.53. The fourth-order valence-corrected chi connectivity index (χ4v) is 4.79. The van der Waals surface area contributed by atoms with E-state index in [-0.39, 0.29) is 11.5 Å². The van der Waals surface area contributed by atoms with Gasteiger partial charge in [0.2, 0.25) is 11.7 Å². The average molecular weight is 490 g/mol. The molecule has 0 aliphatic rings. The number of nitrogens with one attached hydrogen (secondary N) is 1. The summed E-state index contributed by atoms with van der Waals surface area (Å²) in [4.78, 5) is 25.8. The SMILES string of the molecule is CCCCn1c(=O)c2ccccc2n2c(SC(C)C(=O)Nc3cc(Cl)cc(Cl)c3)nnc12. The summed E-state index contributed by atoms with van der Waals surface area (Å²) in [5.74, 6) is 0.243. The van der Waals surface area contributed by atoms with Crippen molar-refractivity contribution in [2.24, 2.45) is 0 Å². The van der Waals surface area contributed by atoms with Crippen molar-refractivity contribution in [3.63, 3.8) is 0 Å². The van der Waals surface area contributed by atoms with Crippen LogP contribution in [0.25, 0.3) is 16.7 Å². The lowest BCUT2D eigenvalue weighted by Gasteiger charge is -2.13. The van der Waals surface area contributed by atoms with Gasteiger partial charge in [0.25, 0.3) is 5.56 Å². The molecule has 0 aliphatic heterocycles. The van der Waals surface area contributed by atoms with E-state index in [0.717, 1.165) is 12.8 Å². The molecule has 1 N–H and O–H groups in total. The third kappa shape index (κ3) is 4.48. The number of hydrogen-bond donors (Lipinski definition) is 1. The van der Waals surface area contributed by atoms with Crippen LogP contribution < -0.4 is 10.9 Å². The van der Waals surface area contributed by atoms with Crippen molar-refractivity contribution in [3.8, 4) is 0 Å². The fraction of sp³-hybridized carbons (Fsp3) is 0.273. The van der Waals surface area contributed by atoms with Crippen molar-refractivity contribution < 1.29 is 4.79 Å². The topological polar surface area (TPSA) is 81.3 Å². The van der Waals surface area contributed by atoms with Gasteiger partial charge in [0.1, 0.15) is 0 Å². The van der Waals surface area contributed by atoms with Gasteiger partial charge in [-0.1, -0.05) is 60.4 Å². The van der Waals surface area contributed by atoms with Gasteiger partial charge >= 0.3 is 0 Å². The zero-order valence-electron chi connectivity index (χ0n) is 17.5. The molecule has 2 aromatic carbocycles. The van der Waals surface area contributed by atoms with Gasteiger partial charge in [0, 0.05) is 22.3 Å². The van der Waals surface area contributed by atoms with Crippen molar-refractivity contribution in [1.29, 1.82) is 0 Å². The van der Waals surface area contributed by atoms with Crippen LogP contribution in [0.5, 0.6) is 0 Å². The van der Waals surface area contributed by atoms with Crippen LogP contribution >= 0.6 is 35.0 Å². The standard InChI is InChI=1S/C22H21Cl2N5O2S/c1-3-4-9-28-20(31)17-7-5-6-8-18(17)29-21(28)26-27-22(29)32-13(2)19(30)25-16-11-14(23)10-15(24)12-16/h5-8,10-13H,3-4,9H2,1-2H3,(H,25,30). The molecule has 7 nitrogen and oxygen atoms in total. The highest BCUT2D eigenvalue weighted by Crippen LogP contribution is 2.27. The third-order valence-corrected chi connectivity index (χ3v) is 6.47. The molecule has 0 saturated heterocycles. The van der Waals surface area contributed by atoms with Gasteiger partial charge in [-0.05, 0) is 43.7 Å². The predicted octanol–water partition coefficient (Wildman–Crippen LogP) is 5.27. The molecule has 4 aromatic rings. The van der Waals surface area contributed by atoms with Gasteiger partial charge in [0.05, 0.1) is 16.2 Å². The fourth-order valence-electron chi connectivity index (χ4n) is 3.41. The van der Waals surface area contributed by atoms with E-state index < -0.39 is 5.25 Å². The van der Waals surface area contributed by atoms with Crippen LogP contribution in [0.15, 0.2) is 52.4 Å². The number of anilines is 1. The van der Waals surface area contributed by atoms with Gasteiger partial charge in [-0.25, -0.2) is 0 Å². The number of carbonyl (C=O) groups excluding carboxylic acids is 1. The maximum atomic E-state index is 13.0. The summed E-state index contributed by atoms with van der Waals surface area (Å²) in [6.07, 6.45) is 1.80. The third-order valence-electron chi connectivity index (χ3n) is 4.99. The molecule has 0 radical (unpaired) electrons. The van der Waals surface area contributed by atoms with Crippen LogP contribution in [0.3, 0.4) is 0 Å². The van der Waals surface area contributed by atoms with Crippen LogP contribution in [0, 0.1) is 0 Å². The maximum Gasteiger partial charge on any atom is 0.262 e. The van der Waals surface area contributed by atoms with E-state index >= 15 is 0 Å². The van der Waals surface area contributed by atoms with Gasteiger partial charge < -0.3 is 5.32 Å². The molecule has 2 heterocycles. The number of fused-ring (bicyclic) bond motifs is 3. The van der Waals surface area contributed by atoms with E-state index in [1.165, 1.54) is 11.8 Å². The number of hydrogen-bond acceptors (Lipinski definition) is 5. The minimum absolute atomic E-state index is 0.0888. The zero-order valence-corrected chi connectivity index (χ0v) is 19.8. The first-order chi connectivity index (χ1) is 15.4. The number of amides is 1. The van der Waals surface area contributed by atoms with E-state index in [1.54, 1.807) is 35.8 Å². The average Bonchev–Trinajstić information content (AvgIpc) is 3.16. The highest BCUT2D eigenvalue weighted by atomic mass is 35.5. The maximum absolute atomic E-state index is 13.0. The molecule has 1 amide bonds. The highest BCUT2D eigenvalue weighted by Gasteiger charge is 2.21. The van der Waals surface area contributed by atoms with Crippen LogP contribution in [-0.4, -0.2) is 30.3 Å². The van der Waals surface area contributed by atoms with Gasteiger partial charge in [-0.3, -0.25) is 18.6 Å². The summed E-state index contributed by atoms with van der Waals surface area (Å²) in [7, 11) is 0. The predicted molar refractivity (Wildman–Crippen MR) is 130 cm³/mol. The molecule has 2 aromatic heterocycles. The molecule has 4 rings (SSSR count). The first-order valence-electron chi connectivity index (χ1n) is 10.2. The Balaban J connectivity index is 1.69. The van der Waals surface area contributed by atoms with Gasteiger partial charge in [-0.2, -0.15) is 0 Å². The first-order valence-corrected chi connectivity index (χ1v) is 11.8. The zero-order chi connectivity index (χ0) is 22.8. The number of unbranched alkanes of at least 4 members (excludes halogenated alkanes) is 1. The molecule has 0 saturated carbocycles. The molecule has 0 bridgehead atoms. The van der Waals surface area contributed by atoms with Crippen LogP contribution in [0.4, 0.5) is 5.69 Å². The molecule has 0 aliphatic carbocycles. The van der Waals surface area contributed by atoms with E-state index in [1.807, 2.05) is 22.6 Å². The Bertz CT molecular complexity index is 1350. The van der Waals surface area contributed by atoms with Crippen molar-refractivity contribution in [1.82, 2.24) is 19.2 Å². The van der Waals surface area contributed by atoms with Crippen LogP contribution in [-0.2, 0) is 11.3 Å². The van der Waals surface area contributed by atoms with E-state index in [0.29, 0.717) is 44.1 Å². The summed E-state index contributed by atoms with van der Waals surface area (Å²) in [6.45, 7) is 4.41. The molecule has 0 spiro atoms. The van der Waals surface area contributed by atoms with Crippen LogP contribution in [0.2, 0.25) is 10.0 Å². The number of aromatic nitrogens is 4. The van der Waals surface area contributed by atoms with Crippen molar-refractivity contribution in [2.75, 3.05) is 5.32 Å². The van der Waals surface area contributed by atoms with Crippen molar-refractivity contribution in [2.45, 2.75) is 43.6 Å². The lowest BCUT2D eigenvalue weighted by Crippen LogP contribution is -2.24. The monoisotopic (exact) mass is 489 g/mol. The number of thioether (sulfide) groups is 1. The molecule has 1 atom stereocenters. The van der Waals surface area contributed by atoms with E-state index in [9.17, 15) is 9.59 Å². The molecule has 32 heavy (non-hydrogen) atoms. The lowest BCUT2D eigenvalue weighted by molar-refractivity contribution is -0.115. The molecular formula is C22H21Cl2N5O2S. The Morgan fingerprint density at radius 3 is 2.59 bits per heavy atom. The molecule has 1 unspecified atom stereocenters. The first kappa shape index (κ1) is 22.6. The normalized spacial score (nSPS) is 12.4. The Morgan fingerprint density at radius 2 is 1.88 bits per heavy atom. The molecule has 166 valence electrons. The largest absolute Gasteiger partial charge is 0.325 e. The summed E-state index contributed by atoms with van der Waals surface area (Å²) < 4.78 is 3.50. The second kappa shape index (κ2) is 9.52. The second-order valence-electron chi connectivity index (χ2n) is 7.35. The number of aryl methyl sites for hydroxylation is 1. The Kier molecular flexibility index (Phi) is 6.74. The number of carbonyl (C=O) groups is 1. The Hall–Kier alpha value is -2.55. The van der Waals surface area contributed by atoms with Crippen LogP contribution in [0.1, 0.15) is 26.7 Å². The number of nitrogens with zero attached hydrogens (tertiary/aromatic N) is 4. The molecule has 0 fully saturated rings. The van der Waals surface area contributed by atoms with E-state index in [4.69, 9.17) is 23.2 Å². The number of para-hydroxylation sites is 1. The van der Waals surface area contributed by atoms with Crippen molar-refractivity contribution in [3.05, 3.63) is 62.9 Å². The highest BCUT2D eigenvalue weighted by molar-refractivity contribution is 8.00. The molecular weight excluding hydrogens is 469 g/mol. The Labute approximate surface area is 198 Å². The summed E-state index contributed by atoms with van der Waals surface area (Å²) in [5, 5.41) is 12.9. The lowest BCUT2D eigenvalue weighted by atomic mass is 10.2. The van der Waals surface area contributed by atoms with Gasteiger partial charge in [-0.15, -0.1) is 10.2 Å². The summed E-state index contributed by atoms with van der Waals surface area (Å²) in [6, 6.07) is 12.2. The Morgan fingerprint density at radius 1 is 1.16 bits per heavy atom. The molecule has 10 heteroatoms. The number of rotatable bonds is 7. The van der Waals surface area contributed by atoms with Crippen molar-refractivity contribution >= 4 is 63.2 Å². The van der Waals surface area contributed by atoms with E-state index in [2.05, 4.69) is 22.4 Å². The smallest absolute Gasteiger partial charge is 0.262 e. The minimum atomic E-state index is -0.491. The quantitative estimate of drug-likeness (QED) is 0.357.